The van der Waals surface area contributed by atoms with Crippen LogP contribution in [0.25, 0.3) is 0 Å². The van der Waals surface area contributed by atoms with Crippen LogP contribution in [0.15, 0.2) is 84.9 Å². The lowest BCUT2D eigenvalue weighted by molar-refractivity contribution is -0.118. The molecule has 0 aliphatic rings. The fraction of sp³-hybridized carbons (Fsp3) is 0.212. The minimum atomic E-state index is -0.204. The number of amides is 2. The van der Waals surface area contributed by atoms with Gasteiger partial charge in [-0.2, -0.15) is 0 Å². The Morgan fingerprint density at radius 2 is 1.03 bits per heavy atom. The van der Waals surface area contributed by atoms with Crippen LogP contribution in [-0.4, -0.2) is 25.0 Å². The Bertz CT molecular complexity index is 1370. The lowest BCUT2D eigenvalue weighted by Crippen LogP contribution is -2.20. The summed E-state index contributed by atoms with van der Waals surface area (Å²) in [4.78, 5) is 24.8. The predicted octanol–water partition coefficient (Wildman–Crippen LogP) is 6.55. The van der Waals surface area contributed by atoms with Gasteiger partial charge >= 0.3 is 0 Å². The third kappa shape index (κ3) is 8.20. The molecule has 0 unspecified atom stereocenters. The molecule has 0 aliphatic carbocycles. The number of hydrogen-bond donors (Lipinski definition) is 2. The molecule has 2 amide bonds. The summed E-state index contributed by atoms with van der Waals surface area (Å²) in [7, 11) is 0. The van der Waals surface area contributed by atoms with E-state index in [4.69, 9.17) is 9.47 Å². The Kier molecular flexibility index (Phi) is 9.00. The fourth-order valence-corrected chi connectivity index (χ4v) is 4.27. The Morgan fingerprint density at radius 1 is 0.590 bits per heavy atom. The molecule has 0 atom stereocenters. The van der Waals surface area contributed by atoms with Crippen molar-refractivity contribution >= 4 is 23.2 Å². The third-order valence-electron chi connectivity index (χ3n) is 6.26. The van der Waals surface area contributed by atoms with E-state index in [2.05, 4.69) is 22.8 Å². The first-order valence-corrected chi connectivity index (χ1v) is 12.9. The number of carbonyl (C=O) groups excluding carboxylic acids is 2. The molecule has 0 bridgehead atoms. The van der Waals surface area contributed by atoms with Crippen molar-refractivity contribution in [3.05, 3.63) is 118 Å². The third-order valence-corrected chi connectivity index (χ3v) is 6.26. The maximum Gasteiger partial charge on any atom is 0.262 e. The van der Waals surface area contributed by atoms with Gasteiger partial charge in [-0.15, -0.1) is 0 Å². The number of aryl methyl sites for hydroxylation is 4. The highest BCUT2D eigenvalue weighted by atomic mass is 16.5. The molecule has 0 aromatic heterocycles. The molecule has 0 aliphatic heterocycles. The van der Waals surface area contributed by atoms with Crippen LogP contribution in [0.5, 0.6) is 11.5 Å². The first kappa shape index (κ1) is 27.5. The van der Waals surface area contributed by atoms with Gasteiger partial charge in [0, 0.05) is 11.4 Å². The van der Waals surface area contributed by atoms with Crippen molar-refractivity contribution in [1.82, 2.24) is 0 Å². The molecule has 4 aromatic rings. The van der Waals surface area contributed by atoms with Gasteiger partial charge < -0.3 is 20.1 Å². The number of hydrogen-bond acceptors (Lipinski definition) is 4. The lowest BCUT2D eigenvalue weighted by atomic mass is 10.00. The maximum absolute atomic E-state index is 12.4. The highest BCUT2D eigenvalue weighted by Gasteiger charge is 2.10. The molecule has 0 saturated heterocycles. The van der Waals surface area contributed by atoms with Crippen LogP contribution in [-0.2, 0) is 16.0 Å². The standard InChI is InChI=1S/C33H34N2O4/c1-22-7-5-9-28(15-22)38-20-32(36)34-30-13-11-26(17-24(30)3)19-27-12-14-31(25(4)18-27)35-33(37)21-39-29-10-6-8-23(2)16-29/h5-18H,19-21H2,1-4H3,(H,34,36)(H,35,37). The van der Waals surface area contributed by atoms with Gasteiger partial charge in [-0.25, -0.2) is 0 Å². The largest absolute Gasteiger partial charge is 0.484 e. The molecule has 4 aromatic carbocycles. The number of carbonyl (C=O) groups is 2. The second kappa shape index (κ2) is 12.8. The summed E-state index contributed by atoms with van der Waals surface area (Å²) >= 11 is 0. The van der Waals surface area contributed by atoms with Crippen LogP contribution in [0.3, 0.4) is 0 Å². The van der Waals surface area contributed by atoms with Crippen LogP contribution >= 0.6 is 0 Å². The van der Waals surface area contributed by atoms with E-state index < -0.39 is 0 Å². The molecule has 39 heavy (non-hydrogen) atoms. The molecule has 200 valence electrons. The van der Waals surface area contributed by atoms with Crippen LogP contribution < -0.4 is 20.1 Å². The Morgan fingerprint density at radius 3 is 1.41 bits per heavy atom. The summed E-state index contributed by atoms with van der Waals surface area (Å²) in [6, 6.07) is 27.3. The van der Waals surface area contributed by atoms with Crippen LogP contribution in [0, 0.1) is 27.7 Å². The Labute approximate surface area is 230 Å². The smallest absolute Gasteiger partial charge is 0.262 e. The topological polar surface area (TPSA) is 76.7 Å². The van der Waals surface area contributed by atoms with Gasteiger partial charge in [-0.3, -0.25) is 9.59 Å². The number of anilines is 2. The Hall–Kier alpha value is -4.58. The second-order valence-electron chi connectivity index (χ2n) is 9.78. The molecule has 2 N–H and O–H groups in total. The first-order valence-electron chi connectivity index (χ1n) is 12.9. The molecular weight excluding hydrogens is 488 g/mol. The predicted molar refractivity (Wildman–Crippen MR) is 156 cm³/mol. The molecule has 0 fully saturated rings. The van der Waals surface area contributed by atoms with E-state index in [-0.39, 0.29) is 25.0 Å². The summed E-state index contributed by atoms with van der Waals surface area (Å²) in [6.07, 6.45) is 0.733. The zero-order valence-electron chi connectivity index (χ0n) is 22.8. The molecule has 0 saturated carbocycles. The van der Waals surface area contributed by atoms with E-state index in [1.807, 2.05) is 100 Å². The lowest BCUT2D eigenvalue weighted by Gasteiger charge is -2.13. The van der Waals surface area contributed by atoms with E-state index in [0.717, 1.165) is 51.2 Å². The average molecular weight is 523 g/mol. The van der Waals surface area contributed by atoms with Crippen LogP contribution in [0.1, 0.15) is 33.4 Å². The maximum atomic E-state index is 12.4. The van der Waals surface area contributed by atoms with Gasteiger partial charge in [0.15, 0.2) is 13.2 Å². The van der Waals surface area contributed by atoms with Crippen molar-refractivity contribution in [3.63, 3.8) is 0 Å². The summed E-state index contributed by atoms with van der Waals surface area (Å²) in [6.45, 7) is 7.81. The number of rotatable bonds is 10. The SMILES string of the molecule is Cc1cccc(OCC(=O)Nc2ccc(Cc3ccc(NC(=O)COc4cccc(C)c4)c(C)c3)cc2C)c1. The van der Waals surface area contributed by atoms with Crippen molar-refractivity contribution in [3.8, 4) is 11.5 Å². The normalized spacial score (nSPS) is 10.6. The number of benzene rings is 4. The van der Waals surface area contributed by atoms with E-state index in [0.29, 0.717) is 11.5 Å². The van der Waals surface area contributed by atoms with E-state index in [1.54, 1.807) is 0 Å². The molecular formula is C33H34N2O4. The molecule has 0 spiro atoms. The fourth-order valence-electron chi connectivity index (χ4n) is 4.27. The number of ether oxygens (including phenoxy) is 2. The van der Waals surface area contributed by atoms with E-state index >= 15 is 0 Å². The van der Waals surface area contributed by atoms with Crippen molar-refractivity contribution in [1.29, 1.82) is 0 Å². The van der Waals surface area contributed by atoms with Crippen molar-refractivity contribution in [2.75, 3.05) is 23.8 Å². The van der Waals surface area contributed by atoms with Crippen LogP contribution in [0.4, 0.5) is 11.4 Å². The zero-order valence-corrected chi connectivity index (χ0v) is 22.8. The molecule has 0 radical (unpaired) electrons. The van der Waals surface area contributed by atoms with Gasteiger partial charge in [0.2, 0.25) is 0 Å². The molecule has 6 heteroatoms. The summed E-state index contributed by atoms with van der Waals surface area (Å²) in [5, 5.41) is 5.86. The van der Waals surface area contributed by atoms with Gasteiger partial charge in [0.25, 0.3) is 11.8 Å². The average Bonchev–Trinajstić information content (AvgIpc) is 2.90. The molecule has 4 rings (SSSR count). The van der Waals surface area contributed by atoms with Crippen molar-refractivity contribution in [2.45, 2.75) is 34.1 Å². The van der Waals surface area contributed by atoms with Crippen molar-refractivity contribution < 1.29 is 19.1 Å². The molecule has 0 heterocycles. The van der Waals surface area contributed by atoms with E-state index in [9.17, 15) is 9.59 Å². The van der Waals surface area contributed by atoms with Gasteiger partial charge in [-0.1, -0.05) is 48.5 Å². The Balaban J connectivity index is 1.29. The molecule has 6 nitrogen and oxygen atoms in total. The highest BCUT2D eigenvalue weighted by Crippen LogP contribution is 2.22. The first-order chi connectivity index (χ1) is 18.7. The highest BCUT2D eigenvalue weighted by molar-refractivity contribution is 5.93. The van der Waals surface area contributed by atoms with Crippen LogP contribution in [0.2, 0.25) is 0 Å². The monoisotopic (exact) mass is 522 g/mol. The summed E-state index contributed by atoms with van der Waals surface area (Å²) in [5.74, 6) is 0.942. The quantitative estimate of drug-likeness (QED) is 0.248. The van der Waals surface area contributed by atoms with Gasteiger partial charge in [-0.05, 0) is 104 Å². The van der Waals surface area contributed by atoms with Crippen molar-refractivity contribution in [2.24, 2.45) is 0 Å². The summed E-state index contributed by atoms with van der Waals surface area (Å²) < 4.78 is 11.2. The zero-order chi connectivity index (χ0) is 27.8. The minimum Gasteiger partial charge on any atom is -0.484 e. The van der Waals surface area contributed by atoms with Gasteiger partial charge in [0.1, 0.15) is 11.5 Å². The van der Waals surface area contributed by atoms with Gasteiger partial charge in [0.05, 0.1) is 0 Å². The minimum absolute atomic E-state index is 0.0507. The van der Waals surface area contributed by atoms with E-state index in [1.165, 1.54) is 0 Å². The number of nitrogens with one attached hydrogen (secondary N) is 2. The summed E-state index contributed by atoms with van der Waals surface area (Å²) in [5.41, 5.74) is 7.90. The second-order valence-corrected chi connectivity index (χ2v) is 9.78.